The molecule has 4 nitrogen and oxygen atoms in total. The summed E-state index contributed by atoms with van der Waals surface area (Å²) < 4.78 is 12.3. The number of aryl methyl sites for hydroxylation is 1. The zero-order valence-corrected chi connectivity index (χ0v) is 21.3. The number of anilines is 1. The maximum Gasteiger partial charge on any atom is 0.270 e. The third kappa shape index (κ3) is 5.63. The van der Waals surface area contributed by atoms with Crippen LogP contribution in [0.3, 0.4) is 0 Å². The number of amides is 1. The van der Waals surface area contributed by atoms with Crippen molar-refractivity contribution in [1.82, 2.24) is 0 Å². The number of rotatable bonds is 8. The lowest BCUT2D eigenvalue weighted by molar-refractivity contribution is -0.113. The lowest BCUT2D eigenvalue weighted by atomic mass is 10.1. The molecular weight excluding hydrogens is 486 g/mol. The first-order valence-electron chi connectivity index (χ1n) is 11.0. The Balaban J connectivity index is 1.53. The van der Waals surface area contributed by atoms with Gasteiger partial charge in [-0.05, 0) is 72.5 Å². The van der Waals surface area contributed by atoms with Crippen LogP contribution < -0.4 is 14.4 Å². The highest BCUT2D eigenvalue weighted by atomic mass is 35.5. The van der Waals surface area contributed by atoms with Crippen molar-refractivity contribution in [2.75, 3.05) is 11.5 Å². The maximum atomic E-state index is 13.1. The van der Waals surface area contributed by atoms with Gasteiger partial charge in [-0.1, -0.05) is 72.8 Å². The number of carbonyl (C=O) groups excluding carboxylic acids is 1. The van der Waals surface area contributed by atoms with Gasteiger partial charge < -0.3 is 9.47 Å². The highest BCUT2D eigenvalue weighted by Gasteiger charge is 2.33. The van der Waals surface area contributed by atoms with E-state index < -0.39 is 0 Å². The van der Waals surface area contributed by atoms with Crippen molar-refractivity contribution in [3.05, 3.63) is 93.3 Å². The minimum atomic E-state index is -0.125. The Morgan fingerprint density at radius 3 is 2.32 bits per heavy atom. The second kappa shape index (κ2) is 11.1. The Morgan fingerprint density at radius 1 is 0.941 bits per heavy atom. The zero-order chi connectivity index (χ0) is 24.1. The van der Waals surface area contributed by atoms with Gasteiger partial charge in [0, 0.05) is 5.02 Å². The number of carbonyl (C=O) groups is 1. The number of hydrogen-bond donors (Lipinski definition) is 0. The standard InChI is InChI=1S/C27H24ClNO3S2/c1-3-18-7-12-22(13-8-18)29-26(30)25(34-27(29)33)16-20-9-14-23(24(15-20)31-4-2)32-17-19-5-10-21(28)11-6-19/h5-16H,3-4,17H2,1-2H3/b25-16-. The average molecular weight is 510 g/mol. The van der Waals surface area contributed by atoms with Crippen LogP contribution in [-0.4, -0.2) is 16.8 Å². The quantitative estimate of drug-likeness (QED) is 0.235. The molecule has 34 heavy (non-hydrogen) atoms. The first-order valence-corrected chi connectivity index (χ1v) is 12.6. The Kier molecular flexibility index (Phi) is 7.93. The smallest absolute Gasteiger partial charge is 0.270 e. The molecule has 0 radical (unpaired) electrons. The normalized spacial score (nSPS) is 14.7. The van der Waals surface area contributed by atoms with Crippen LogP contribution in [0, 0.1) is 0 Å². The fourth-order valence-electron chi connectivity index (χ4n) is 3.47. The van der Waals surface area contributed by atoms with Gasteiger partial charge in [0.2, 0.25) is 0 Å². The molecule has 4 rings (SSSR count). The van der Waals surface area contributed by atoms with Crippen LogP contribution in [0.15, 0.2) is 71.6 Å². The van der Waals surface area contributed by atoms with Crippen LogP contribution in [0.1, 0.15) is 30.5 Å². The van der Waals surface area contributed by atoms with E-state index in [-0.39, 0.29) is 5.91 Å². The number of benzene rings is 3. The van der Waals surface area contributed by atoms with Gasteiger partial charge in [-0.15, -0.1) is 0 Å². The SMILES string of the molecule is CCOc1cc(/C=C2\SC(=S)N(c3ccc(CC)cc3)C2=O)ccc1OCc1ccc(Cl)cc1. The van der Waals surface area contributed by atoms with Gasteiger partial charge in [0.05, 0.1) is 17.2 Å². The van der Waals surface area contributed by atoms with Gasteiger partial charge in [0.25, 0.3) is 5.91 Å². The highest BCUT2D eigenvalue weighted by Crippen LogP contribution is 2.37. The van der Waals surface area contributed by atoms with Crippen molar-refractivity contribution in [2.24, 2.45) is 0 Å². The van der Waals surface area contributed by atoms with Crippen LogP contribution in [0.4, 0.5) is 5.69 Å². The van der Waals surface area contributed by atoms with Crippen molar-refractivity contribution >= 4 is 57.6 Å². The maximum absolute atomic E-state index is 13.1. The van der Waals surface area contributed by atoms with Gasteiger partial charge >= 0.3 is 0 Å². The summed E-state index contributed by atoms with van der Waals surface area (Å²) in [5.41, 5.74) is 3.84. The van der Waals surface area contributed by atoms with Gasteiger partial charge in [0.15, 0.2) is 15.8 Å². The molecule has 1 fully saturated rings. The van der Waals surface area contributed by atoms with Gasteiger partial charge in [-0.25, -0.2) is 0 Å². The summed E-state index contributed by atoms with van der Waals surface area (Å²) in [4.78, 5) is 15.3. The van der Waals surface area contributed by atoms with E-state index in [9.17, 15) is 4.79 Å². The van der Waals surface area contributed by atoms with Gasteiger partial charge in [-0.2, -0.15) is 0 Å². The topological polar surface area (TPSA) is 38.8 Å². The molecule has 1 aliphatic rings. The highest BCUT2D eigenvalue weighted by molar-refractivity contribution is 8.27. The number of nitrogens with zero attached hydrogens (tertiary/aromatic N) is 1. The van der Waals surface area contributed by atoms with Crippen LogP contribution >= 0.6 is 35.6 Å². The van der Waals surface area contributed by atoms with E-state index in [1.165, 1.54) is 17.3 Å². The molecule has 7 heteroatoms. The monoisotopic (exact) mass is 509 g/mol. The molecule has 0 bridgehead atoms. The molecule has 1 amide bonds. The Morgan fingerprint density at radius 2 is 1.65 bits per heavy atom. The van der Waals surface area contributed by atoms with E-state index in [1.807, 2.05) is 79.7 Å². The number of halogens is 1. The lowest BCUT2D eigenvalue weighted by Crippen LogP contribution is -2.27. The molecular formula is C27H24ClNO3S2. The van der Waals surface area contributed by atoms with E-state index in [0.29, 0.717) is 39.0 Å². The Bertz CT molecular complexity index is 1220. The molecule has 1 aliphatic heterocycles. The Hall–Kier alpha value is -2.80. The number of thiocarbonyl (C=S) groups is 1. The largest absolute Gasteiger partial charge is 0.490 e. The molecule has 0 spiro atoms. The van der Waals surface area contributed by atoms with Gasteiger partial charge in [-0.3, -0.25) is 9.69 Å². The summed E-state index contributed by atoms with van der Waals surface area (Å²) in [6.45, 7) is 4.91. The second-order valence-corrected chi connectivity index (χ2v) is 9.70. The van der Waals surface area contributed by atoms with Crippen LogP contribution in [0.5, 0.6) is 11.5 Å². The molecule has 174 valence electrons. The fraction of sp³-hybridized carbons (Fsp3) is 0.185. The summed E-state index contributed by atoms with van der Waals surface area (Å²) in [5.74, 6) is 1.13. The minimum absolute atomic E-state index is 0.125. The molecule has 0 aromatic heterocycles. The summed E-state index contributed by atoms with van der Waals surface area (Å²) in [6, 6.07) is 21.1. The van der Waals surface area contributed by atoms with Crippen LogP contribution in [-0.2, 0) is 17.8 Å². The molecule has 3 aromatic rings. The van der Waals surface area contributed by atoms with Crippen molar-refractivity contribution < 1.29 is 14.3 Å². The van der Waals surface area contributed by atoms with Gasteiger partial charge in [0.1, 0.15) is 6.61 Å². The van der Waals surface area contributed by atoms with Crippen molar-refractivity contribution in [3.8, 4) is 11.5 Å². The van der Waals surface area contributed by atoms with Crippen molar-refractivity contribution in [2.45, 2.75) is 26.9 Å². The molecule has 1 heterocycles. The van der Waals surface area contributed by atoms with Crippen LogP contribution in [0.2, 0.25) is 5.02 Å². The second-order valence-electron chi connectivity index (χ2n) is 7.59. The molecule has 0 saturated carbocycles. The predicted octanol–water partition coefficient (Wildman–Crippen LogP) is 7.29. The first kappa shape index (κ1) is 24.3. The molecule has 0 unspecified atom stereocenters. The van der Waals surface area contributed by atoms with E-state index in [4.69, 9.17) is 33.3 Å². The first-order chi connectivity index (χ1) is 16.5. The Labute approximate surface area is 214 Å². The van der Waals surface area contributed by atoms with E-state index in [1.54, 1.807) is 4.90 Å². The summed E-state index contributed by atoms with van der Waals surface area (Å²) >= 11 is 12.8. The molecule has 0 aliphatic carbocycles. The minimum Gasteiger partial charge on any atom is -0.490 e. The number of thioether (sulfide) groups is 1. The zero-order valence-electron chi connectivity index (χ0n) is 18.9. The lowest BCUT2D eigenvalue weighted by Gasteiger charge is -2.15. The third-order valence-corrected chi connectivity index (χ3v) is 6.82. The average Bonchev–Trinajstić information content (AvgIpc) is 3.12. The number of hydrogen-bond acceptors (Lipinski definition) is 5. The summed E-state index contributed by atoms with van der Waals surface area (Å²) in [5, 5.41) is 0.687. The number of ether oxygens (including phenoxy) is 2. The predicted molar refractivity (Wildman–Crippen MR) is 145 cm³/mol. The molecule has 3 aromatic carbocycles. The van der Waals surface area contributed by atoms with Crippen LogP contribution in [0.25, 0.3) is 6.08 Å². The summed E-state index contributed by atoms with van der Waals surface area (Å²) in [7, 11) is 0. The third-order valence-electron chi connectivity index (χ3n) is 5.27. The molecule has 0 atom stereocenters. The summed E-state index contributed by atoms with van der Waals surface area (Å²) in [6.07, 6.45) is 2.78. The fourth-order valence-corrected chi connectivity index (χ4v) is 4.89. The van der Waals surface area contributed by atoms with E-state index in [0.717, 1.165) is 23.2 Å². The van der Waals surface area contributed by atoms with E-state index >= 15 is 0 Å². The molecule has 0 N–H and O–H groups in total. The molecule has 1 saturated heterocycles. The van der Waals surface area contributed by atoms with Crippen molar-refractivity contribution in [3.63, 3.8) is 0 Å². The van der Waals surface area contributed by atoms with E-state index in [2.05, 4.69) is 6.92 Å². The van der Waals surface area contributed by atoms with Crippen molar-refractivity contribution in [1.29, 1.82) is 0 Å².